The third kappa shape index (κ3) is 1.67. The van der Waals surface area contributed by atoms with Crippen molar-refractivity contribution in [2.24, 2.45) is 0 Å². The fourth-order valence-corrected chi connectivity index (χ4v) is 2.86. The van der Waals surface area contributed by atoms with Crippen LogP contribution < -0.4 is 5.32 Å². The van der Waals surface area contributed by atoms with Gasteiger partial charge in [-0.15, -0.1) is 0 Å². The Bertz CT molecular complexity index is 333. The third-order valence-electron chi connectivity index (χ3n) is 2.56. The van der Waals surface area contributed by atoms with Crippen molar-refractivity contribution in [1.29, 1.82) is 0 Å². The molecule has 1 nitrogen and oxygen atoms in total. The van der Waals surface area contributed by atoms with E-state index in [1.54, 1.807) is 0 Å². The van der Waals surface area contributed by atoms with E-state index in [0.29, 0.717) is 0 Å². The molecule has 14 heavy (non-hydrogen) atoms. The molecule has 0 atom stereocenters. The second-order valence-electron chi connectivity index (χ2n) is 3.42. The lowest BCUT2D eigenvalue weighted by Crippen LogP contribution is -2.11. The van der Waals surface area contributed by atoms with Crippen molar-refractivity contribution in [3.05, 3.63) is 40.4 Å². The maximum absolute atomic E-state index is 3.29. The average molecular weight is 205 g/mol. The predicted molar refractivity (Wildman–Crippen MR) is 62.4 cm³/mol. The molecule has 0 spiro atoms. The largest absolute Gasteiger partial charge is 0.383 e. The van der Waals surface area contributed by atoms with Gasteiger partial charge in [-0.3, -0.25) is 0 Å². The highest BCUT2D eigenvalue weighted by atomic mass is 32.2. The molecule has 0 aliphatic carbocycles. The summed E-state index contributed by atoms with van der Waals surface area (Å²) in [6.45, 7) is 2.22. The van der Waals surface area contributed by atoms with Crippen molar-refractivity contribution < 1.29 is 0 Å². The molecule has 0 saturated carbocycles. The Morgan fingerprint density at radius 1 is 1.36 bits per heavy atom. The van der Waals surface area contributed by atoms with E-state index >= 15 is 0 Å². The van der Waals surface area contributed by atoms with Crippen LogP contribution in [-0.2, 0) is 6.42 Å². The summed E-state index contributed by atoms with van der Waals surface area (Å²) in [5.41, 5.74) is 2.99. The van der Waals surface area contributed by atoms with Crippen molar-refractivity contribution in [2.45, 2.75) is 24.7 Å². The number of hydrogen-bond donors (Lipinski definition) is 1. The molecule has 0 amide bonds. The van der Waals surface area contributed by atoms with Gasteiger partial charge in [0.15, 0.2) is 0 Å². The zero-order chi connectivity index (χ0) is 9.97. The Balaban J connectivity index is 2.35. The maximum atomic E-state index is 3.29. The quantitative estimate of drug-likeness (QED) is 0.796. The summed E-state index contributed by atoms with van der Waals surface area (Å²) in [4.78, 5) is 1.40. The van der Waals surface area contributed by atoms with Gasteiger partial charge in [-0.1, -0.05) is 36.9 Å². The zero-order valence-electron chi connectivity index (χ0n) is 8.63. The second kappa shape index (κ2) is 4.09. The standard InChI is InChI=1S/C12H15NS/c1-3-9-8-10-6-4-5-7-11(10)14-12(9)13-2/h4-7,13H,3,8H2,1-2H3. The predicted octanol–water partition coefficient (Wildman–Crippen LogP) is 3.18. The van der Waals surface area contributed by atoms with Gasteiger partial charge < -0.3 is 5.32 Å². The van der Waals surface area contributed by atoms with Gasteiger partial charge in [-0.2, -0.15) is 0 Å². The molecule has 74 valence electrons. The first-order valence-electron chi connectivity index (χ1n) is 5.00. The van der Waals surface area contributed by atoms with E-state index in [-0.39, 0.29) is 0 Å². The van der Waals surface area contributed by atoms with Gasteiger partial charge in [0.05, 0.1) is 5.03 Å². The molecule has 1 aromatic carbocycles. The fraction of sp³-hybridized carbons (Fsp3) is 0.333. The SMILES string of the molecule is CCC1=C(NC)Sc2ccccc2C1. The normalized spacial score (nSPS) is 15.3. The first kappa shape index (κ1) is 9.66. The van der Waals surface area contributed by atoms with Crippen molar-refractivity contribution in [3.63, 3.8) is 0 Å². The Labute approximate surface area is 89.6 Å². The molecule has 1 aromatic rings. The van der Waals surface area contributed by atoms with E-state index in [1.807, 2.05) is 18.8 Å². The number of nitrogens with one attached hydrogen (secondary N) is 1. The fourth-order valence-electron chi connectivity index (χ4n) is 1.76. The molecule has 0 saturated heterocycles. The third-order valence-corrected chi connectivity index (χ3v) is 3.88. The van der Waals surface area contributed by atoms with Crippen LogP contribution in [0.3, 0.4) is 0 Å². The van der Waals surface area contributed by atoms with E-state index in [0.717, 1.165) is 12.8 Å². The molecule has 0 aromatic heterocycles. The maximum Gasteiger partial charge on any atom is 0.0722 e. The highest BCUT2D eigenvalue weighted by Gasteiger charge is 2.15. The number of allylic oxidation sites excluding steroid dienone is 1. The highest BCUT2D eigenvalue weighted by Crippen LogP contribution is 2.37. The topological polar surface area (TPSA) is 12.0 Å². The van der Waals surface area contributed by atoms with E-state index in [4.69, 9.17) is 0 Å². The molecule has 0 bridgehead atoms. The van der Waals surface area contributed by atoms with Gasteiger partial charge in [0, 0.05) is 11.9 Å². The summed E-state index contributed by atoms with van der Waals surface area (Å²) in [7, 11) is 2.01. The van der Waals surface area contributed by atoms with Gasteiger partial charge in [0.1, 0.15) is 0 Å². The lowest BCUT2D eigenvalue weighted by Gasteiger charge is -2.21. The van der Waals surface area contributed by atoms with Crippen LogP contribution in [0.25, 0.3) is 0 Å². The molecule has 1 aliphatic rings. The summed E-state index contributed by atoms with van der Waals surface area (Å²) < 4.78 is 0. The number of fused-ring (bicyclic) bond motifs is 1. The molecular weight excluding hydrogens is 190 g/mol. The van der Waals surface area contributed by atoms with Crippen molar-refractivity contribution >= 4 is 11.8 Å². The molecule has 1 aliphatic heterocycles. The Hall–Kier alpha value is -0.890. The minimum absolute atomic E-state index is 1.11. The van der Waals surface area contributed by atoms with Crippen LogP contribution in [0.15, 0.2) is 39.8 Å². The molecule has 1 heterocycles. The van der Waals surface area contributed by atoms with E-state index in [2.05, 4.69) is 36.5 Å². The Kier molecular flexibility index (Phi) is 2.82. The van der Waals surface area contributed by atoms with Crippen LogP contribution in [0.2, 0.25) is 0 Å². The Morgan fingerprint density at radius 3 is 2.86 bits per heavy atom. The summed E-state index contributed by atoms with van der Waals surface area (Å²) in [6, 6.07) is 8.65. The van der Waals surface area contributed by atoms with Crippen LogP contribution in [0.1, 0.15) is 18.9 Å². The number of thioether (sulfide) groups is 1. The molecule has 0 fully saturated rings. The van der Waals surface area contributed by atoms with Crippen LogP contribution >= 0.6 is 11.8 Å². The smallest absolute Gasteiger partial charge is 0.0722 e. The van der Waals surface area contributed by atoms with Crippen LogP contribution in [0.4, 0.5) is 0 Å². The van der Waals surface area contributed by atoms with E-state index in [9.17, 15) is 0 Å². The molecule has 2 rings (SSSR count). The first-order valence-corrected chi connectivity index (χ1v) is 5.82. The van der Waals surface area contributed by atoms with Crippen LogP contribution in [0.5, 0.6) is 0 Å². The molecule has 1 N–H and O–H groups in total. The van der Waals surface area contributed by atoms with Gasteiger partial charge in [0.25, 0.3) is 0 Å². The highest BCUT2D eigenvalue weighted by molar-refractivity contribution is 8.03. The lowest BCUT2D eigenvalue weighted by molar-refractivity contribution is 0.914. The summed E-state index contributed by atoms with van der Waals surface area (Å²) >= 11 is 1.86. The minimum Gasteiger partial charge on any atom is -0.383 e. The second-order valence-corrected chi connectivity index (χ2v) is 4.47. The monoisotopic (exact) mass is 205 g/mol. The van der Waals surface area contributed by atoms with Crippen molar-refractivity contribution in [3.8, 4) is 0 Å². The zero-order valence-corrected chi connectivity index (χ0v) is 9.45. The molecule has 0 radical (unpaired) electrons. The van der Waals surface area contributed by atoms with Crippen LogP contribution in [0, 0.1) is 0 Å². The summed E-state index contributed by atoms with van der Waals surface area (Å²) in [5.74, 6) is 0. The lowest BCUT2D eigenvalue weighted by atomic mass is 10.0. The number of rotatable bonds is 2. The van der Waals surface area contributed by atoms with E-state index in [1.165, 1.54) is 21.1 Å². The minimum atomic E-state index is 1.11. The van der Waals surface area contributed by atoms with Crippen LogP contribution in [-0.4, -0.2) is 7.05 Å². The summed E-state index contributed by atoms with van der Waals surface area (Å²) in [6.07, 6.45) is 2.24. The van der Waals surface area contributed by atoms with Gasteiger partial charge in [-0.05, 0) is 30.0 Å². The molecule has 0 unspecified atom stereocenters. The van der Waals surface area contributed by atoms with Gasteiger partial charge in [0.2, 0.25) is 0 Å². The average Bonchev–Trinajstić information content (AvgIpc) is 2.27. The van der Waals surface area contributed by atoms with Gasteiger partial charge >= 0.3 is 0 Å². The van der Waals surface area contributed by atoms with Crippen molar-refractivity contribution in [2.75, 3.05) is 7.05 Å². The number of hydrogen-bond acceptors (Lipinski definition) is 2. The molecular formula is C12H15NS. The molecule has 2 heteroatoms. The van der Waals surface area contributed by atoms with Crippen molar-refractivity contribution in [1.82, 2.24) is 5.32 Å². The Morgan fingerprint density at radius 2 is 2.14 bits per heavy atom. The van der Waals surface area contributed by atoms with E-state index < -0.39 is 0 Å². The van der Waals surface area contributed by atoms with Gasteiger partial charge in [-0.25, -0.2) is 0 Å². The first-order chi connectivity index (χ1) is 6.85. The number of benzene rings is 1. The summed E-state index contributed by atoms with van der Waals surface area (Å²) in [5, 5.41) is 4.63.